The molecule has 114 valence electrons. The van der Waals surface area contributed by atoms with Crippen LogP contribution in [-0.4, -0.2) is 21.7 Å². The molecule has 7 nitrogen and oxygen atoms in total. The highest BCUT2D eigenvalue weighted by Gasteiger charge is 2.22. The van der Waals surface area contributed by atoms with Gasteiger partial charge in [0.2, 0.25) is 0 Å². The lowest BCUT2D eigenvalue weighted by atomic mass is 10.1. The lowest BCUT2D eigenvalue weighted by molar-refractivity contribution is 0.0965. The molecule has 0 radical (unpaired) electrons. The number of nitrogens with one attached hydrogen (secondary N) is 3. The molecule has 0 saturated heterocycles. The third-order valence-corrected chi connectivity index (χ3v) is 3.49. The Labute approximate surface area is 127 Å². The lowest BCUT2D eigenvalue weighted by Crippen LogP contribution is -2.22. The maximum absolute atomic E-state index is 12.1. The molecule has 0 bridgehead atoms. The van der Waals surface area contributed by atoms with Crippen molar-refractivity contribution in [2.24, 2.45) is 0 Å². The van der Waals surface area contributed by atoms with Crippen molar-refractivity contribution >= 4 is 23.4 Å². The Bertz CT molecular complexity index is 722. The summed E-state index contributed by atoms with van der Waals surface area (Å²) in [5.41, 5.74) is 2.05. The second-order valence-corrected chi connectivity index (χ2v) is 5.03. The van der Waals surface area contributed by atoms with Gasteiger partial charge >= 0.3 is 6.03 Å². The average Bonchev–Trinajstić information content (AvgIpc) is 3.08. The van der Waals surface area contributed by atoms with Crippen LogP contribution >= 0.6 is 0 Å². The van der Waals surface area contributed by atoms with Gasteiger partial charge < -0.3 is 10.6 Å². The molecule has 3 rings (SSSR count). The maximum Gasteiger partial charge on any atom is 0.324 e. The number of hydrogen-bond donors (Lipinski definition) is 3. The number of hydrogen-bond acceptors (Lipinski definition) is 3. The quantitative estimate of drug-likeness (QED) is 0.808. The topological polar surface area (TPSA) is 88.1 Å². The number of aromatic nitrogens is 2. The first-order valence-corrected chi connectivity index (χ1v) is 7.19. The molecule has 22 heavy (non-hydrogen) atoms. The molecule has 1 aliphatic heterocycles. The van der Waals surface area contributed by atoms with Crippen LogP contribution in [0.5, 0.6) is 0 Å². The van der Waals surface area contributed by atoms with Gasteiger partial charge in [0.1, 0.15) is 5.82 Å². The fourth-order valence-electron chi connectivity index (χ4n) is 2.47. The lowest BCUT2D eigenvalue weighted by Gasteiger charge is -2.11. The number of fused-ring (bicyclic) bond motifs is 1. The zero-order valence-corrected chi connectivity index (χ0v) is 12.2. The zero-order chi connectivity index (χ0) is 15.5. The van der Waals surface area contributed by atoms with E-state index in [1.807, 2.05) is 6.92 Å². The largest absolute Gasteiger partial charge is 0.348 e. The van der Waals surface area contributed by atoms with Gasteiger partial charge in [-0.05, 0) is 18.6 Å². The zero-order valence-electron chi connectivity index (χ0n) is 12.2. The highest BCUT2D eigenvalue weighted by Crippen LogP contribution is 2.24. The molecular formula is C15H17N5O2. The van der Waals surface area contributed by atoms with Crippen molar-refractivity contribution in [3.8, 4) is 0 Å². The van der Waals surface area contributed by atoms with Crippen molar-refractivity contribution < 1.29 is 9.59 Å². The Kier molecular flexibility index (Phi) is 3.78. The van der Waals surface area contributed by atoms with E-state index in [-0.39, 0.29) is 11.9 Å². The second-order valence-electron chi connectivity index (χ2n) is 5.03. The number of aryl methyl sites for hydroxylation is 1. The summed E-state index contributed by atoms with van der Waals surface area (Å²) in [7, 11) is 0. The summed E-state index contributed by atoms with van der Waals surface area (Å²) in [5.74, 6) is 0.529. The standard InChI is InChI=1S/C15H17N5O2/c1-2-8-20-13(6-7-17-20)19-15(22)18-12-5-3-4-10-11(12)9-16-14(10)21/h3-7H,2,8-9H2,1H3,(H,16,21)(H2,18,19,22). The SMILES string of the molecule is CCCn1nccc1NC(=O)Nc1cccc2c1CNC2=O. The van der Waals surface area contributed by atoms with Crippen LogP contribution in [0.1, 0.15) is 29.3 Å². The fourth-order valence-corrected chi connectivity index (χ4v) is 2.47. The summed E-state index contributed by atoms with van der Waals surface area (Å²) < 4.78 is 1.74. The summed E-state index contributed by atoms with van der Waals surface area (Å²) in [5, 5.41) is 12.5. The number of benzene rings is 1. The number of amides is 3. The number of anilines is 2. The van der Waals surface area contributed by atoms with E-state index in [9.17, 15) is 9.59 Å². The van der Waals surface area contributed by atoms with E-state index >= 15 is 0 Å². The molecule has 0 fully saturated rings. The first-order chi connectivity index (χ1) is 10.7. The number of urea groups is 1. The van der Waals surface area contributed by atoms with Crippen molar-refractivity contribution in [2.75, 3.05) is 10.6 Å². The van der Waals surface area contributed by atoms with Crippen molar-refractivity contribution in [1.82, 2.24) is 15.1 Å². The molecule has 2 heterocycles. The minimum absolute atomic E-state index is 0.111. The van der Waals surface area contributed by atoms with E-state index in [2.05, 4.69) is 21.0 Å². The molecule has 3 amide bonds. The van der Waals surface area contributed by atoms with Gasteiger partial charge in [0.15, 0.2) is 0 Å². The third kappa shape index (κ3) is 2.65. The van der Waals surface area contributed by atoms with Crippen molar-refractivity contribution in [3.63, 3.8) is 0 Å². The molecule has 0 saturated carbocycles. The van der Waals surface area contributed by atoms with E-state index in [4.69, 9.17) is 0 Å². The minimum Gasteiger partial charge on any atom is -0.348 e. The van der Waals surface area contributed by atoms with Crippen LogP contribution in [-0.2, 0) is 13.1 Å². The summed E-state index contributed by atoms with van der Waals surface area (Å²) >= 11 is 0. The second kappa shape index (κ2) is 5.88. The molecule has 7 heteroatoms. The Morgan fingerprint density at radius 2 is 2.23 bits per heavy atom. The molecule has 0 aliphatic carbocycles. The van der Waals surface area contributed by atoms with E-state index < -0.39 is 0 Å². The molecule has 3 N–H and O–H groups in total. The van der Waals surface area contributed by atoms with Gasteiger partial charge in [-0.25, -0.2) is 9.48 Å². The fraction of sp³-hybridized carbons (Fsp3) is 0.267. The number of nitrogens with zero attached hydrogens (tertiary/aromatic N) is 2. The minimum atomic E-state index is -0.356. The Hall–Kier alpha value is -2.83. The Balaban J connectivity index is 1.73. The predicted molar refractivity (Wildman–Crippen MR) is 82.8 cm³/mol. The highest BCUT2D eigenvalue weighted by molar-refractivity contribution is 6.04. The summed E-state index contributed by atoms with van der Waals surface area (Å²) in [4.78, 5) is 23.8. The maximum atomic E-state index is 12.1. The number of rotatable bonds is 4. The van der Waals surface area contributed by atoms with Gasteiger partial charge in [-0.15, -0.1) is 0 Å². The van der Waals surface area contributed by atoms with Gasteiger partial charge in [0.25, 0.3) is 5.91 Å². The van der Waals surface area contributed by atoms with Crippen LogP contribution in [0.25, 0.3) is 0 Å². The van der Waals surface area contributed by atoms with Gasteiger partial charge in [0, 0.05) is 36.0 Å². The van der Waals surface area contributed by atoms with E-state index in [1.165, 1.54) is 0 Å². The molecule has 0 spiro atoms. The first kappa shape index (κ1) is 14.1. The van der Waals surface area contributed by atoms with E-state index in [1.54, 1.807) is 35.1 Å². The van der Waals surface area contributed by atoms with Crippen molar-refractivity contribution in [1.29, 1.82) is 0 Å². The molecule has 1 aromatic carbocycles. The molecule has 0 atom stereocenters. The normalized spacial score (nSPS) is 12.7. The Morgan fingerprint density at radius 3 is 3.05 bits per heavy atom. The average molecular weight is 299 g/mol. The van der Waals surface area contributed by atoms with Crippen LogP contribution in [0.4, 0.5) is 16.3 Å². The number of carbonyl (C=O) groups is 2. The van der Waals surface area contributed by atoms with Gasteiger partial charge in [0.05, 0.1) is 6.20 Å². The van der Waals surface area contributed by atoms with Crippen molar-refractivity contribution in [2.45, 2.75) is 26.4 Å². The molecule has 2 aromatic rings. The molecule has 1 aliphatic rings. The van der Waals surface area contributed by atoms with Crippen LogP contribution in [0.2, 0.25) is 0 Å². The van der Waals surface area contributed by atoms with Gasteiger partial charge in [-0.2, -0.15) is 5.10 Å². The monoisotopic (exact) mass is 299 g/mol. The van der Waals surface area contributed by atoms with Crippen molar-refractivity contribution in [3.05, 3.63) is 41.6 Å². The van der Waals surface area contributed by atoms with E-state index in [0.717, 1.165) is 18.5 Å². The third-order valence-electron chi connectivity index (χ3n) is 3.49. The summed E-state index contributed by atoms with van der Waals surface area (Å²) in [6.45, 7) is 3.21. The Morgan fingerprint density at radius 1 is 1.36 bits per heavy atom. The van der Waals surface area contributed by atoms with Crippen LogP contribution < -0.4 is 16.0 Å². The number of carbonyl (C=O) groups excluding carboxylic acids is 2. The van der Waals surface area contributed by atoms with Crippen LogP contribution in [0.15, 0.2) is 30.5 Å². The first-order valence-electron chi connectivity index (χ1n) is 7.19. The van der Waals surface area contributed by atoms with Crippen LogP contribution in [0, 0.1) is 0 Å². The van der Waals surface area contributed by atoms with Gasteiger partial charge in [-0.3, -0.25) is 10.1 Å². The molecular weight excluding hydrogens is 282 g/mol. The summed E-state index contributed by atoms with van der Waals surface area (Å²) in [6.07, 6.45) is 2.58. The summed E-state index contributed by atoms with van der Waals surface area (Å²) in [6, 6.07) is 6.67. The highest BCUT2D eigenvalue weighted by atomic mass is 16.2. The smallest absolute Gasteiger partial charge is 0.324 e. The van der Waals surface area contributed by atoms with E-state index in [0.29, 0.717) is 23.6 Å². The van der Waals surface area contributed by atoms with Crippen LogP contribution in [0.3, 0.4) is 0 Å². The molecule has 0 unspecified atom stereocenters. The molecule has 1 aromatic heterocycles. The van der Waals surface area contributed by atoms with Gasteiger partial charge in [-0.1, -0.05) is 13.0 Å². The predicted octanol–water partition coefficient (Wildman–Crippen LogP) is 2.18.